The zero-order chi connectivity index (χ0) is 12.1. The maximum atomic E-state index is 11.7. The van der Waals surface area contributed by atoms with Crippen molar-refractivity contribution in [3.05, 3.63) is 48.0 Å². The quantitative estimate of drug-likeness (QED) is 0.844. The van der Waals surface area contributed by atoms with Gasteiger partial charge in [-0.3, -0.25) is 14.5 Å². The molecular formula is C12H14N4O. The molecule has 0 saturated carbocycles. The summed E-state index contributed by atoms with van der Waals surface area (Å²) in [5.41, 5.74) is 1.69. The van der Waals surface area contributed by atoms with E-state index in [-0.39, 0.29) is 5.91 Å². The first-order valence-electron chi connectivity index (χ1n) is 5.41. The van der Waals surface area contributed by atoms with Crippen molar-refractivity contribution in [2.24, 2.45) is 7.05 Å². The predicted molar refractivity (Wildman–Crippen MR) is 63.5 cm³/mol. The van der Waals surface area contributed by atoms with E-state index in [1.165, 1.54) is 0 Å². The van der Waals surface area contributed by atoms with E-state index in [0.717, 1.165) is 12.0 Å². The Morgan fingerprint density at radius 1 is 1.47 bits per heavy atom. The van der Waals surface area contributed by atoms with Crippen LogP contribution in [0.5, 0.6) is 0 Å². The lowest BCUT2D eigenvalue weighted by Gasteiger charge is -2.03. The van der Waals surface area contributed by atoms with Crippen molar-refractivity contribution in [2.45, 2.75) is 6.42 Å². The summed E-state index contributed by atoms with van der Waals surface area (Å²) in [7, 11) is 1.87. The first-order valence-corrected chi connectivity index (χ1v) is 5.41. The summed E-state index contributed by atoms with van der Waals surface area (Å²) in [6, 6.07) is 3.49. The minimum absolute atomic E-state index is 0.0954. The molecule has 0 radical (unpaired) electrons. The number of amides is 1. The maximum Gasteiger partial charge on any atom is 0.252 e. The van der Waals surface area contributed by atoms with Gasteiger partial charge in [0.2, 0.25) is 0 Å². The van der Waals surface area contributed by atoms with E-state index in [4.69, 9.17) is 0 Å². The maximum absolute atomic E-state index is 11.7. The van der Waals surface area contributed by atoms with Crippen molar-refractivity contribution in [2.75, 3.05) is 6.54 Å². The topological polar surface area (TPSA) is 59.8 Å². The van der Waals surface area contributed by atoms with E-state index < -0.39 is 0 Å². The number of rotatable bonds is 4. The van der Waals surface area contributed by atoms with Crippen molar-refractivity contribution in [3.63, 3.8) is 0 Å². The Morgan fingerprint density at radius 2 is 2.35 bits per heavy atom. The van der Waals surface area contributed by atoms with Crippen molar-refractivity contribution in [3.8, 4) is 0 Å². The molecule has 2 aromatic heterocycles. The average Bonchev–Trinajstić information content (AvgIpc) is 2.76. The van der Waals surface area contributed by atoms with Gasteiger partial charge < -0.3 is 5.32 Å². The van der Waals surface area contributed by atoms with Crippen molar-refractivity contribution >= 4 is 5.91 Å². The van der Waals surface area contributed by atoms with Crippen LogP contribution in [0.15, 0.2) is 36.9 Å². The molecule has 5 nitrogen and oxygen atoms in total. The lowest BCUT2D eigenvalue weighted by atomic mass is 10.2. The second-order valence-electron chi connectivity index (χ2n) is 3.77. The Labute approximate surface area is 99.5 Å². The van der Waals surface area contributed by atoms with Gasteiger partial charge >= 0.3 is 0 Å². The highest BCUT2D eigenvalue weighted by atomic mass is 16.1. The van der Waals surface area contributed by atoms with Crippen LogP contribution >= 0.6 is 0 Å². The molecule has 2 rings (SSSR count). The molecule has 17 heavy (non-hydrogen) atoms. The minimum Gasteiger partial charge on any atom is -0.352 e. The Hall–Kier alpha value is -2.17. The summed E-state index contributed by atoms with van der Waals surface area (Å²) >= 11 is 0. The summed E-state index contributed by atoms with van der Waals surface area (Å²) in [5, 5.41) is 6.91. The standard InChI is InChI=1S/C12H14N4O/c1-16-9-10(7-15-16)4-6-14-12(17)11-3-2-5-13-8-11/h2-3,5,7-9H,4,6H2,1H3,(H,14,17). The number of carbonyl (C=O) groups excluding carboxylic acids is 1. The zero-order valence-electron chi connectivity index (χ0n) is 9.63. The van der Waals surface area contributed by atoms with Gasteiger partial charge in [0.1, 0.15) is 0 Å². The normalized spacial score (nSPS) is 10.2. The lowest BCUT2D eigenvalue weighted by Crippen LogP contribution is -2.25. The van der Waals surface area contributed by atoms with Gasteiger partial charge in [-0.05, 0) is 24.1 Å². The highest BCUT2D eigenvalue weighted by Crippen LogP contribution is 1.98. The molecule has 1 amide bonds. The van der Waals surface area contributed by atoms with E-state index in [9.17, 15) is 4.79 Å². The molecule has 5 heteroatoms. The van der Waals surface area contributed by atoms with Gasteiger partial charge in [0.15, 0.2) is 0 Å². The third-order valence-electron chi connectivity index (χ3n) is 2.38. The SMILES string of the molecule is Cn1cc(CCNC(=O)c2cccnc2)cn1. The molecule has 0 atom stereocenters. The first-order chi connectivity index (χ1) is 8.25. The Balaban J connectivity index is 1.81. The van der Waals surface area contributed by atoms with E-state index in [0.29, 0.717) is 12.1 Å². The zero-order valence-corrected chi connectivity index (χ0v) is 9.63. The number of aryl methyl sites for hydroxylation is 1. The Bertz CT molecular complexity index is 492. The van der Waals surface area contributed by atoms with Gasteiger partial charge in [-0.1, -0.05) is 0 Å². The van der Waals surface area contributed by atoms with Gasteiger partial charge in [-0.2, -0.15) is 5.10 Å². The Kier molecular flexibility index (Phi) is 3.49. The van der Waals surface area contributed by atoms with Crippen LogP contribution in [0.1, 0.15) is 15.9 Å². The third-order valence-corrected chi connectivity index (χ3v) is 2.38. The largest absolute Gasteiger partial charge is 0.352 e. The molecule has 0 fully saturated rings. The highest BCUT2D eigenvalue weighted by molar-refractivity contribution is 5.93. The third kappa shape index (κ3) is 3.14. The van der Waals surface area contributed by atoms with Gasteiger partial charge in [-0.25, -0.2) is 0 Å². The van der Waals surface area contributed by atoms with Crippen molar-refractivity contribution < 1.29 is 4.79 Å². The van der Waals surface area contributed by atoms with Crippen LogP contribution in [0.25, 0.3) is 0 Å². The van der Waals surface area contributed by atoms with Crippen molar-refractivity contribution in [1.82, 2.24) is 20.1 Å². The van der Waals surface area contributed by atoms with Gasteiger partial charge in [0.05, 0.1) is 11.8 Å². The van der Waals surface area contributed by atoms with E-state index in [1.807, 2.05) is 13.2 Å². The van der Waals surface area contributed by atoms with Gasteiger partial charge in [0.25, 0.3) is 5.91 Å². The van der Waals surface area contributed by atoms with Gasteiger partial charge in [-0.15, -0.1) is 0 Å². The van der Waals surface area contributed by atoms with E-state index >= 15 is 0 Å². The predicted octanol–water partition coefficient (Wildman–Crippen LogP) is 0.788. The summed E-state index contributed by atoms with van der Waals surface area (Å²) in [6.45, 7) is 0.597. The molecule has 88 valence electrons. The fraction of sp³-hybridized carbons (Fsp3) is 0.250. The van der Waals surface area contributed by atoms with Crippen LogP contribution in [0.2, 0.25) is 0 Å². The van der Waals surface area contributed by atoms with Crippen LogP contribution in [-0.4, -0.2) is 27.2 Å². The number of nitrogens with one attached hydrogen (secondary N) is 1. The summed E-state index contributed by atoms with van der Waals surface area (Å²) in [6.07, 6.45) is 7.72. The fourth-order valence-electron chi connectivity index (χ4n) is 1.52. The highest BCUT2D eigenvalue weighted by Gasteiger charge is 2.04. The molecule has 0 spiro atoms. The summed E-state index contributed by atoms with van der Waals surface area (Å²) in [4.78, 5) is 15.6. The van der Waals surface area contributed by atoms with Crippen LogP contribution in [0, 0.1) is 0 Å². The van der Waals surface area contributed by atoms with Crippen LogP contribution in [0.4, 0.5) is 0 Å². The lowest BCUT2D eigenvalue weighted by molar-refractivity contribution is 0.0954. The molecule has 0 saturated heterocycles. The summed E-state index contributed by atoms with van der Waals surface area (Å²) in [5.74, 6) is -0.0954. The second kappa shape index (κ2) is 5.25. The Morgan fingerprint density at radius 3 is 3.00 bits per heavy atom. The number of nitrogens with zero attached hydrogens (tertiary/aromatic N) is 3. The fourth-order valence-corrected chi connectivity index (χ4v) is 1.52. The molecule has 1 N–H and O–H groups in total. The van der Waals surface area contributed by atoms with Crippen LogP contribution < -0.4 is 5.32 Å². The molecule has 0 unspecified atom stereocenters. The molecule has 0 aliphatic rings. The molecule has 0 aromatic carbocycles. The van der Waals surface area contributed by atoms with E-state index in [1.54, 1.807) is 35.4 Å². The molecule has 0 bridgehead atoms. The van der Waals surface area contributed by atoms with Gasteiger partial charge in [0, 0.05) is 32.2 Å². The molecular weight excluding hydrogens is 216 g/mol. The molecule has 2 aromatic rings. The molecule has 2 heterocycles. The number of hydrogen-bond donors (Lipinski definition) is 1. The number of carbonyl (C=O) groups is 1. The first kappa shape index (κ1) is 11.3. The summed E-state index contributed by atoms with van der Waals surface area (Å²) < 4.78 is 1.75. The molecule has 0 aliphatic carbocycles. The number of pyridine rings is 1. The van der Waals surface area contributed by atoms with Crippen molar-refractivity contribution in [1.29, 1.82) is 0 Å². The number of hydrogen-bond acceptors (Lipinski definition) is 3. The number of aromatic nitrogens is 3. The van der Waals surface area contributed by atoms with Crippen LogP contribution in [-0.2, 0) is 13.5 Å². The smallest absolute Gasteiger partial charge is 0.252 e. The second-order valence-corrected chi connectivity index (χ2v) is 3.77. The average molecular weight is 230 g/mol. The molecule has 0 aliphatic heterocycles. The van der Waals surface area contributed by atoms with Crippen LogP contribution in [0.3, 0.4) is 0 Å². The van der Waals surface area contributed by atoms with E-state index in [2.05, 4.69) is 15.4 Å². The minimum atomic E-state index is -0.0954. The monoisotopic (exact) mass is 230 g/mol.